The molecule has 0 spiro atoms. The first-order valence-corrected chi connectivity index (χ1v) is 6.28. The summed E-state index contributed by atoms with van der Waals surface area (Å²) in [6, 6.07) is 11.7. The third kappa shape index (κ3) is 1.52. The highest BCUT2D eigenvalue weighted by Crippen LogP contribution is 2.23. The van der Waals surface area contributed by atoms with Gasteiger partial charge in [0.05, 0.1) is 17.5 Å². The molecule has 0 saturated carbocycles. The summed E-state index contributed by atoms with van der Waals surface area (Å²) in [5.41, 5.74) is 2.71. The Morgan fingerprint density at radius 2 is 2.05 bits per heavy atom. The van der Waals surface area contributed by atoms with Crippen molar-refractivity contribution in [2.75, 3.05) is 0 Å². The molecule has 3 heterocycles. The van der Waals surface area contributed by atoms with Gasteiger partial charge in [-0.1, -0.05) is 12.1 Å². The number of nitrogens with one attached hydrogen (secondary N) is 1. The summed E-state index contributed by atoms with van der Waals surface area (Å²) in [5, 5.41) is 1.04. The first-order chi connectivity index (χ1) is 9.33. The van der Waals surface area contributed by atoms with Crippen LogP contribution in [0.15, 0.2) is 53.3 Å². The van der Waals surface area contributed by atoms with E-state index in [4.69, 9.17) is 16.6 Å². The fraction of sp³-hybridized carbons (Fsp3) is 0. The molecule has 1 aromatic carbocycles. The quantitative estimate of drug-likeness (QED) is 0.533. The Bertz CT molecular complexity index is 934. The second-order valence-electron chi connectivity index (χ2n) is 4.28. The lowest BCUT2D eigenvalue weighted by atomic mass is 10.2. The Balaban J connectivity index is 2.16. The normalized spacial score (nSPS) is 11.4. The number of aromatic nitrogens is 3. The van der Waals surface area contributed by atoms with Crippen molar-refractivity contribution in [3.63, 3.8) is 0 Å². The maximum Gasteiger partial charge on any atom is 0.205 e. The molecule has 0 bridgehead atoms. The smallest absolute Gasteiger partial charge is 0.205 e. The van der Waals surface area contributed by atoms with E-state index in [0.29, 0.717) is 4.77 Å². The molecule has 0 radical (unpaired) electrons. The van der Waals surface area contributed by atoms with Gasteiger partial charge in [-0.05, 0) is 36.5 Å². The summed E-state index contributed by atoms with van der Waals surface area (Å²) in [7, 11) is 0. The molecule has 92 valence electrons. The van der Waals surface area contributed by atoms with E-state index in [9.17, 15) is 0 Å². The zero-order valence-electron chi connectivity index (χ0n) is 9.83. The lowest BCUT2D eigenvalue weighted by Crippen LogP contribution is -1.91. The van der Waals surface area contributed by atoms with Crippen LogP contribution in [0.3, 0.4) is 0 Å². The van der Waals surface area contributed by atoms with E-state index in [1.54, 1.807) is 6.26 Å². The van der Waals surface area contributed by atoms with Crippen molar-refractivity contribution in [3.05, 3.63) is 53.6 Å². The zero-order valence-corrected chi connectivity index (χ0v) is 10.6. The van der Waals surface area contributed by atoms with E-state index in [1.165, 1.54) is 0 Å². The van der Waals surface area contributed by atoms with Gasteiger partial charge in [-0.25, -0.2) is 4.98 Å². The molecule has 4 aromatic rings. The standard InChI is InChI=1S/C14H9N3OS/c19-14-16-10-5-2-1-4-9(10)13-15-11(8-17(13)14)12-6-3-7-18-12/h1-8,15H. The monoisotopic (exact) mass is 267 g/mol. The van der Waals surface area contributed by atoms with Gasteiger partial charge in [-0.2, -0.15) is 0 Å². The highest BCUT2D eigenvalue weighted by molar-refractivity contribution is 7.71. The molecule has 0 atom stereocenters. The summed E-state index contributed by atoms with van der Waals surface area (Å²) < 4.78 is 7.80. The molecule has 19 heavy (non-hydrogen) atoms. The average Bonchev–Trinajstić information content (AvgIpc) is 3.08. The van der Waals surface area contributed by atoms with Gasteiger partial charge in [0.15, 0.2) is 5.76 Å². The van der Waals surface area contributed by atoms with Crippen molar-refractivity contribution >= 4 is 28.8 Å². The third-order valence-corrected chi connectivity index (χ3v) is 3.41. The van der Waals surface area contributed by atoms with Gasteiger partial charge < -0.3 is 9.40 Å². The molecular weight excluding hydrogens is 258 g/mol. The second kappa shape index (κ2) is 3.80. The highest BCUT2D eigenvalue weighted by Gasteiger charge is 2.09. The Labute approximate surface area is 113 Å². The molecule has 5 heteroatoms. The Hall–Kier alpha value is -2.40. The fourth-order valence-electron chi connectivity index (χ4n) is 2.25. The van der Waals surface area contributed by atoms with Crippen LogP contribution in [-0.2, 0) is 0 Å². The molecule has 0 aliphatic carbocycles. The lowest BCUT2D eigenvalue weighted by molar-refractivity contribution is 0.580. The third-order valence-electron chi connectivity index (χ3n) is 3.12. The minimum atomic E-state index is 0.530. The van der Waals surface area contributed by atoms with Gasteiger partial charge in [0, 0.05) is 11.6 Å². The van der Waals surface area contributed by atoms with E-state index in [-0.39, 0.29) is 0 Å². The fourth-order valence-corrected chi connectivity index (χ4v) is 2.49. The molecule has 3 aromatic heterocycles. The molecule has 0 saturated heterocycles. The van der Waals surface area contributed by atoms with E-state index in [2.05, 4.69) is 9.97 Å². The number of aromatic amines is 1. The first-order valence-electron chi connectivity index (χ1n) is 5.87. The zero-order chi connectivity index (χ0) is 12.8. The van der Waals surface area contributed by atoms with Crippen LogP contribution in [0.25, 0.3) is 28.0 Å². The molecule has 0 fully saturated rings. The van der Waals surface area contributed by atoms with E-state index in [0.717, 1.165) is 28.0 Å². The minimum absolute atomic E-state index is 0.530. The number of para-hydroxylation sites is 1. The van der Waals surface area contributed by atoms with Crippen LogP contribution in [-0.4, -0.2) is 14.4 Å². The van der Waals surface area contributed by atoms with Crippen molar-refractivity contribution in [1.82, 2.24) is 14.4 Å². The predicted octanol–water partition coefficient (Wildman–Crippen LogP) is 3.81. The van der Waals surface area contributed by atoms with Gasteiger partial charge in [0.25, 0.3) is 0 Å². The molecular formula is C14H9N3OS. The average molecular weight is 267 g/mol. The number of hydrogen-bond donors (Lipinski definition) is 1. The van der Waals surface area contributed by atoms with Crippen molar-refractivity contribution < 1.29 is 4.42 Å². The van der Waals surface area contributed by atoms with Crippen LogP contribution in [0.1, 0.15) is 0 Å². The number of H-pyrrole nitrogens is 1. The molecule has 1 N–H and O–H groups in total. The summed E-state index contributed by atoms with van der Waals surface area (Å²) in [5.74, 6) is 0.780. The van der Waals surface area contributed by atoms with Gasteiger partial charge in [-0.15, -0.1) is 0 Å². The topological polar surface area (TPSA) is 46.2 Å². The maximum absolute atomic E-state index is 5.40. The van der Waals surface area contributed by atoms with Crippen LogP contribution in [0, 0.1) is 4.77 Å². The van der Waals surface area contributed by atoms with E-state index < -0.39 is 0 Å². The molecule has 0 unspecified atom stereocenters. The van der Waals surface area contributed by atoms with Crippen molar-refractivity contribution in [2.45, 2.75) is 0 Å². The number of imidazole rings is 1. The molecule has 4 nitrogen and oxygen atoms in total. The first kappa shape index (κ1) is 10.5. The molecule has 0 amide bonds. The van der Waals surface area contributed by atoms with Crippen LogP contribution in [0.2, 0.25) is 0 Å². The Morgan fingerprint density at radius 3 is 2.89 bits per heavy atom. The summed E-state index contributed by atoms with van der Waals surface area (Å²) in [4.78, 5) is 7.77. The summed E-state index contributed by atoms with van der Waals surface area (Å²) >= 11 is 5.33. The van der Waals surface area contributed by atoms with E-state index in [1.807, 2.05) is 47.0 Å². The van der Waals surface area contributed by atoms with Gasteiger partial charge >= 0.3 is 0 Å². The van der Waals surface area contributed by atoms with E-state index >= 15 is 0 Å². The maximum atomic E-state index is 5.40. The lowest BCUT2D eigenvalue weighted by Gasteiger charge is -1.99. The minimum Gasteiger partial charge on any atom is -0.463 e. The van der Waals surface area contributed by atoms with Crippen LogP contribution >= 0.6 is 12.2 Å². The highest BCUT2D eigenvalue weighted by atomic mass is 32.1. The van der Waals surface area contributed by atoms with Crippen molar-refractivity contribution in [2.24, 2.45) is 0 Å². The van der Waals surface area contributed by atoms with Gasteiger partial charge in [-0.3, -0.25) is 4.40 Å². The van der Waals surface area contributed by atoms with Crippen LogP contribution < -0.4 is 0 Å². The van der Waals surface area contributed by atoms with Crippen molar-refractivity contribution in [3.8, 4) is 11.5 Å². The van der Waals surface area contributed by atoms with Gasteiger partial charge in [0.2, 0.25) is 4.77 Å². The van der Waals surface area contributed by atoms with Crippen LogP contribution in [0.4, 0.5) is 0 Å². The number of furan rings is 1. The van der Waals surface area contributed by atoms with Crippen LogP contribution in [0.5, 0.6) is 0 Å². The predicted molar refractivity (Wildman–Crippen MR) is 75.6 cm³/mol. The Kier molecular flexibility index (Phi) is 2.10. The Morgan fingerprint density at radius 1 is 1.16 bits per heavy atom. The molecule has 0 aliphatic rings. The summed E-state index contributed by atoms with van der Waals surface area (Å²) in [6.07, 6.45) is 3.56. The number of nitrogens with zero attached hydrogens (tertiary/aromatic N) is 2. The van der Waals surface area contributed by atoms with Gasteiger partial charge in [0.1, 0.15) is 5.65 Å². The SMILES string of the molecule is S=c1nc2ccccc2c2[nH]c(-c3ccco3)cn12. The van der Waals surface area contributed by atoms with Crippen molar-refractivity contribution in [1.29, 1.82) is 0 Å². The largest absolute Gasteiger partial charge is 0.463 e. The number of hydrogen-bond acceptors (Lipinski definition) is 3. The number of benzene rings is 1. The second-order valence-corrected chi connectivity index (χ2v) is 4.64. The molecule has 4 rings (SSSR count). The number of rotatable bonds is 1. The number of fused-ring (bicyclic) bond motifs is 3. The summed E-state index contributed by atoms with van der Waals surface area (Å²) in [6.45, 7) is 0. The molecule has 0 aliphatic heterocycles.